The minimum atomic E-state index is -5.32. The largest absolute Gasteiger partial charge is 0.756 e. The van der Waals surface area contributed by atoms with Crippen molar-refractivity contribution in [2.24, 2.45) is 94.7 Å². The van der Waals surface area contributed by atoms with Gasteiger partial charge in [-0.15, -0.1) is 0 Å². The molecule has 7 aliphatic heterocycles. The molecule has 1 radical (unpaired) electrons. The average Bonchev–Trinajstić information content (AvgIpc) is 1.53. The molecule has 19 N–H and O–H groups in total. The molecular formula is C72H100CoN18O17P-3. The zero-order valence-electron chi connectivity index (χ0n) is 62.8. The van der Waals surface area contributed by atoms with Crippen LogP contribution in [-0.2, 0) is 73.4 Å². The Balaban J connectivity index is 0.000000623. The number of allylic oxidation sites excluding steroid dienone is 6. The first-order valence-corrected chi connectivity index (χ1v) is 37.3. The van der Waals surface area contributed by atoms with E-state index in [1.165, 1.54) is 35.0 Å². The van der Waals surface area contributed by atoms with E-state index in [1.54, 1.807) is 6.92 Å². The van der Waals surface area contributed by atoms with Gasteiger partial charge in [-0.05, 0) is 125 Å². The molecule has 109 heavy (non-hydrogen) atoms. The topological polar surface area (TPSA) is 584 Å². The van der Waals surface area contributed by atoms with Crippen molar-refractivity contribution < 1.29 is 98.7 Å². The maximum Gasteiger partial charge on any atom is 0.268 e. The number of aliphatic imine (C=N–C) groups is 3. The molecule has 4 aromatic rings. The summed E-state index contributed by atoms with van der Waals surface area (Å²) in [5.41, 5.74) is 43.2. The number of carbonyl (C=O) groups is 7. The summed E-state index contributed by atoms with van der Waals surface area (Å²) in [6.45, 7) is 22.6. The van der Waals surface area contributed by atoms with Gasteiger partial charge in [0.05, 0.1) is 53.7 Å². The Hall–Kier alpha value is -8.26. The van der Waals surface area contributed by atoms with Crippen molar-refractivity contribution in [1.82, 2.24) is 34.4 Å². The normalized spacial score (nSPS) is 31.8. The molecule has 7 aliphatic rings. The molecule has 597 valence electrons. The van der Waals surface area contributed by atoms with Gasteiger partial charge in [0.25, 0.3) is 7.82 Å². The average molecular weight is 1580 g/mol. The molecule has 3 saturated heterocycles. The Morgan fingerprint density at radius 1 is 0.734 bits per heavy atom. The molecular weight excluding hydrogens is 1480 g/mol. The Bertz CT molecular complexity index is 4520. The van der Waals surface area contributed by atoms with Crippen LogP contribution in [0.2, 0.25) is 0 Å². The molecule has 19 atom stereocenters. The monoisotopic (exact) mass is 1580 g/mol. The van der Waals surface area contributed by atoms with Crippen LogP contribution in [0.1, 0.15) is 157 Å². The molecule has 35 nitrogen and oxygen atoms in total. The number of nitrogen functional groups attached to an aromatic ring is 1. The Morgan fingerprint density at radius 2 is 1.34 bits per heavy atom. The first kappa shape index (κ1) is 84.8. The molecule has 37 heteroatoms. The van der Waals surface area contributed by atoms with Crippen LogP contribution in [0.15, 0.2) is 80.4 Å². The number of primary amides is 6. The number of benzene rings is 1. The molecule has 0 aliphatic carbocycles. The molecule has 19 unspecified atom stereocenters. The summed E-state index contributed by atoms with van der Waals surface area (Å²) < 4.78 is 38.8. The molecule has 1 aromatic carbocycles. The fourth-order valence-electron chi connectivity index (χ4n) is 17.3. The summed E-state index contributed by atoms with van der Waals surface area (Å²) in [5, 5.41) is 49.6. The number of aryl methyl sites for hydroxylation is 2. The van der Waals surface area contributed by atoms with Crippen molar-refractivity contribution in [3.05, 3.63) is 88.8 Å². The maximum absolute atomic E-state index is 14.4. The molecule has 7 amide bonds. The fourth-order valence-corrected chi connectivity index (χ4v) is 18.5. The van der Waals surface area contributed by atoms with Gasteiger partial charge in [0.2, 0.25) is 41.4 Å². The second-order valence-corrected chi connectivity index (χ2v) is 32.4. The van der Waals surface area contributed by atoms with Gasteiger partial charge in [-0.25, -0.2) is 19.9 Å². The minimum Gasteiger partial charge on any atom is -0.756 e. The van der Waals surface area contributed by atoms with Crippen LogP contribution < -0.4 is 50.3 Å². The van der Waals surface area contributed by atoms with E-state index in [0.29, 0.717) is 67.6 Å². The molecule has 0 saturated carbocycles. The van der Waals surface area contributed by atoms with Gasteiger partial charge in [0.1, 0.15) is 36.3 Å². The third-order valence-electron chi connectivity index (χ3n) is 23.5. The number of imidazole rings is 2. The van der Waals surface area contributed by atoms with Crippen LogP contribution in [0.5, 0.6) is 0 Å². The van der Waals surface area contributed by atoms with Crippen molar-refractivity contribution >= 4 is 94.3 Å². The van der Waals surface area contributed by atoms with Crippen LogP contribution in [0.25, 0.3) is 27.5 Å². The van der Waals surface area contributed by atoms with E-state index in [9.17, 15) is 63.4 Å². The van der Waals surface area contributed by atoms with Gasteiger partial charge in [-0.1, -0.05) is 40.7 Å². The summed E-state index contributed by atoms with van der Waals surface area (Å²) in [6.07, 6.45) is -5.69. The third kappa shape index (κ3) is 16.3. The number of nitrogens with one attached hydrogen (secondary N) is 1. The SMILES string of the molecule is CC1=C2N=C(C=C3N=C(C(C)=C4[N-]C(C(CC(N)=O)C4(C)CCC(=O)NCC(C)OP(=O)([O-])OC4C(CO)OC(n5cnc6cc(C)c(C)cc65)C4O)C4(C)N=C1C(CCC(N)=O)C4(C)CC(N)=O)C(CCC(N)=O)C3(C)C)C(CCC(N)=O)C2(C)CC(N)=O.[CH2-]C1OC(n2cnc3c(N)ncnc32)C(O)C1O.[Co]. The number of carbonyl (C=O) groups excluding carboxylic acids is 7. The molecule has 8 bridgehead atoms. The summed E-state index contributed by atoms with van der Waals surface area (Å²) in [7, 11) is -5.32. The molecule has 3 aromatic heterocycles. The molecule has 0 spiro atoms. The molecule has 11 rings (SSSR count). The Labute approximate surface area is 640 Å². The van der Waals surface area contributed by atoms with Gasteiger partial charge in [-0.3, -0.25) is 57.7 Å². The number of aliphatic hydroxyl groups is 4. The number of anilines is 1. The maximum atomic E-state index is 14.4. The number of ether oxygens (including phenoxy) is 2. The molecule has 10 heterocycles. The number of hydrogen-bond donors (Lipinski definition) is 12. The smallest absolute Gasteiger partial charge is 0.268 e. The number of amides is 7. The van der Waals surface area contributed by atoms with Gasteiger partial charge in [0.15, 0.2) is 23.9 Å². The number of rotatable bonds is 27. The van der Waals surface area contributed by atoms with Crippen LogP contribution in [0.3, 0.4) is 0 Å². The Morgan fingerprint density at radius 3 is 1.94 bits per heavy atom. The second kappa shape index (κ2) is 32.2. The van der Waals surface area contributed by atoms with E-state index < -0.39 is 168 Å². The van der Waals surface area contributed by atoms with E-state index in [0.717, 1.165) is 11.1 Å². The van der Waals surface area contributed by atoms with Gasteiger partial charge >= 0.3 is 0 Å². The summed E-state index contributed by atoms with van der Waals surface area (Å²) >= 11 is 0. The number of aromatic nitrogens is 6. The minimum absolute atomic E-state index is 0. The third-order valence-corrected chi connectivity index (χ3v) is 24.6. The second-order valence-electron chi connectivity index (χ2n) is 31.1. The summed E-state index contributed by atoms with van der Waals surface area (Å²) in [6, 6.07) is 2.65. The quantitative estimate of drug-likeness (QED) is 0.0301. The number of nitrogens with zero attached hydrogens (tertiary/aromatic N) is 10. The first-order chi connectivity index (χ1) is 50.4. The number of aliphatic hydroxyl groups excluding tert-OH is 4. The van der Waals surface area contributed by atoms with Crippen molar-refractivity contribution in [3.8, 4) is 0 Å². The number of hydrogen-bond acceptors (Lipinski definition) is 25. The van der Waals surface area contributed by atoms with Crippen LogP contribution in [0, 0.1) is 66.1 Å². The van der Waals surface area contributed by atoms with E-state index in [4.69, 9.17) is 79.0 Å². The number of nitrogens with two attached hydrogens (primary N) is 7. The van der Waals surface area contributed by atoms with Crippen molar-refractivity contribution in [1.29, 1.82) is 0 Å². The predicted octanol–water partition coefficient (Wildman–Crippen LogP) is 2.17. The van der Waals surface area contributed by atoms with E-state index in [2.05, 4.69) is 32.2 Å². The van der Waals surface area contributed by atoms with Gasteiger partial charge in [0, 0.05) is 125 Å². The van der Waals surface area contributed by atoms with Crippen molar-refractivity contribution in [3.63, 3.8) is 0 Å². The fraction of sp³-hybridized carbons (Fsp3) is 0.597. The first-order valence-electron chi connectivity index (χ1n) is 35.9. The van der Waals surface area contributed by atoms with Crippen molar-refractivity contribution in [2.45, 2.75) is 214 Å². The number of phosphoric ester groups is 1. The van der Waals surface area contributed by atoms with Crippen LogP contribution in [-0.4, -0.2) is 175 Å². The van der Waals surface area contributed by atoms with Crippen LogP contribution in [0.4, 0.5) is 5.82 Å². The van der Waals surface area contributed by atoms with Crippen molar-refractivity contribution in [2.75, 3.05) is 18.9 Å². The number of phosphoric acid groups is 1. The summed E-state index contributed by atoms with van der Waals surface area (Å²) in [5.74, 6) is -7.16. The predicted molar refractivity (Wildman–Crippen MR) is 393 cm³/mol. The Kier molecular flexibility index (Phi) is 25.0. The number of fused-ring (bicyclic) bond motifs is 8. The van der Waals surface area contributed by atoms with Gasteiger partial charge < -0.3 is 106 Å². The standard InChI is InChI=1S/C62H90N13O14P.C10H12N5O3.Co/c1-29-20-39-40(21-30(29)2)75(28-70-39)57-52(84)53(41(27-76)87-57)89-90(85,86)88-31(3)26-69-49(83)18-19-59(8)37(22-46(66)80)56-62(11)61(10,25-48(68)82)36(14-17-45(65)79)51(74-62)33(5)55-60(9,24-47(67)81)34(12-15-43(63)77)38(71-55)23-42-58(6,7)35(13-16-44(64)78)50(72-42)32(4)54(59)73-56;1-4-6(16)7(17)10(18-4)15-3-14-5-8(11)12-2-13-9(5)15;/h20-21,23,28,31,34-37,41,52-53,56-57,76,84H,12-19,22,24-27H2,1-11H3,(H15,63,64,65,66,67,68,69,71,72,73,74,77,78,79,80,81,82,83,85,86);2-4,6-7,10,16-17H,1H2,(H2,11,12,13);/q;-1;/p-2. The zero-order chi connectivity index (χ0) is 79.6. The van der Waals surface area contributed by atoms with E-state index in [1.807, 2.05) is 80.5 Å². The molecule has 3 fully saturated rings. The summed E-state index contributed by atoms with van der Waals surface area (Å²) in [4.78, 5) is 140. The van der Waals surface area contributed by atoms with E-state index in [-0.39, 0.29) is 99.8 Å². The van der Waals surface area contributed by atoms with Gasteiger partial charge in [-0.2, -0.15) is 5.70 Å². The van der Waals surface area contributed by atoms with Crippen LogP contribution >= 0.6 is 7.82 Å². The zero-order valence-corrected chi connectivity index (χ0v) is 64.8. The van der Waals surface area contributed by atoms with E-state index >= 15 is 0 Å².